The molecule has 2 heterocycles. The molecule has 6 heteroatoms. The summed E-state index contributed by atoms with van der Waals surface area (Å²) in [6.45, 7) is 0.612. The standard InChI is InChI=1S/C15H13N3O2S/c19-15(20)11-5-13(21-8-11)6-17-12-3-1-10(2-4-12)14-7-16-9-18-14/h1-5,7-9,17H,6H2,(H,16,18)(H,19,20). The molecule has 0 bridgehead atoms. The Balaban J connectivity index is 1.64. The van der Waals surface area contributed by atoms with Gasteiger partial charge in [-0.1, -0.05) is 12.1 Å². The lowest BCUT2D eigenvalue weighted by Gasteiger charge is -2.05. The zero-order valence-corrected chi connectivity index (χ0v) is 11.9. The number of nitrogens with zero attached hydrogens (tertiary/aromatic N) is 1. The Labute approximate surface area is 125 Å². The highest BCUT2D eigenvalue weighted by molar-refractivity contribution is 7.10. The zero-order chi connectivity index (χ0) is 14.7. The van der Waals surface area contributed by atoms with Crippen LogP contribution in [0, 0.1) is 0 Å². The molecule has 0 amide bonds. The van der Waals surface area contributed by atoms with Crippen molar-refractivity contribution in [3.63, 3.8) is 0 Å². The molecule has 0 aliphatic carbocycles. The van der Waals surface area contributed by atoms with Gasteiger partial charge < -0.3 is 15.4 Å². The molecule has 3 rings (SSSR count). The van der Waals surface area contributed by atoms with Crippen LogP contribution in [0.25, 0.3) is 11.3 Å². The molecule has 0 unspecified atom stereocenters. The van der Waals surface area contributed by atoms with Crippen LogP contribution in [0.1, 0.15) is 15.2 Å². The fourth-order valence-corrected chi connectivity index (χ4v) is 2.75. The highest BCUT2D eigenvalue weighted by atomic mass is 32.1. The quantitative estimate of drug-likeness (QED) is 0.674. The number of aromatic nitrogens is 2. The number of carboxylic acid groups (broad SMARTS) is 1. The lowest BCUT2D eigenvalue weighted by Crippen LogP contribution is -1.98. The van der Waals surface area contributed by atoms with E-state index in [0.717, 1.165) is 21.8 Å². The van der Waals surface area contributed by atoms with Crippen molar-refractivity contribution in [2.75, 3.05) is 5.32 Å². The number of thiophene rings is 1. The van der Waals surface area contributed by atoms with Crippen molar-refractivity contribution >= 4 is 23.0 Å². The number of benzene rings is 1. The first-order chi connectivity index (χ1) is 10.2. The van der Waals surface area contributed by atoms with Gasteiger partial charge in [0.15, 0.2) is 0 Å². The number of anilines is 1. The molecular formula is C15H13N3O2S. The summed E-state index contributed by atoms with van der Waals surface area (Å²) in [5, 5.41) is 13.8. The highest BCUT2D eigenvalue weighted by Crippen LogP contribution is 2.20. The van der Waals surface area contributed by atoms with Gasteiger partial charge in [0.25, 0.3) is 0 Å². The number of hydrogen-bond donors (Lipinski definition) is 3. The van der Waals surface area contributed by atoms with Crippen molar-refractivity contribution in [3.05, 3.63) is 58.7 Å². The van der Waals surface area contributed by atoms with E-state index >= 15 is 0 Å². The lowest BCUT2D eigenvalue weighted by atomic mass is 10.1. The summed E-state index contributed by atoms with van der Waals surface area (Å²) in [4.78, 5) is 18.9. The average Bonchev–Trinajstić information content (AvgIpc) is 3.17. The van der Waals surface area contributed by atoms with E-state index in [-0.39, 0.29) is 0 Å². The Hall–Kier alpha value is -2.60. The second-order valence-corrected chi connectivity index (χ2v) is 5.50. The summed E-state index contributed by atoms with van der Waals surface area (Å²) in [6, 6.07) is 9.68. The fourth-order valence-electron chi connectivity index (χ4n) is 1.96. The summed E-state index contributed by atoms with van der Waals surface area (Å²) >= 11 is 1.44. The lowest BCUT2D eigenvalue weighted by molar-refractivity contribution is 0.0697. The van der Waals surface area contributed by atoms with Gasteiger partial charge in [-0.15, -0.1) is 11.3 Å². The minimum Gasteiger partial charge on any atom is -0.478 e. The van der Waals surface area contributed by atoms with Crippen LogP contribution in [-0.2, 0) is 6.54 Å². The molecule has 0 fully saturated rings. The minimum atomic E-state index is -0.888. The van der Waals surface area contributed by atoms with Gasteiger partial charge in [0.05, 0.1) is 23.8 Å². The molecule has 0 aliphatic rings. The van der Waals surface area contributed by atoms with Crippen molar-refractivity contribution in [1.82, 2.24) is 9.97 Å². The van der Waals surface area contributed by atoms with Gasteiger partial charge in [0.1, 0.15) is 0 Å². The Morgan fingerprint density at radius 1 is 1.33 bits per heavy atom. The number of aromatic carboxylic acids is 1. The molecule has 0 saturated carbocycles. The van der Waals surface area contributed by atoms with E-state index in [1.807, 2.05) is 24.3 Å². The molecule has 3 aromatic rings. The predicted molar refractivity (Wildman–Crippen MR) is 82.6 cm³/mol. The normalized spacial score (nSPS) is 10.5. The highest BCUT2D eigenvalue weighted by Gasteiger charge is 2.06. The summed E-state index contributed by atoms with van der Waals surface area (Å²) in [5.74, 6) is -0.888. The Bertz CT molecular complexity index is 733. The maximum atomic E-state index is 10.8. The van der Waals surface area contributed by atoms with Gasteiger partial charge in [-0.25, -0.2) is 9.78 Å². The molecule has 0 atom stereocenters. The SMILES string of the molecule is O=C(O)c1csc(CNc2ccc(-c3cnc[nH]3)cc2)c1. The van der Waals surface area contributed by atoms with E-state index in [9.17, 15) is 4.79 Å². The van der Waals surface area contributed by atoms with Crippen LogP contribution >= 0.6 is 11.3 Å². The molecule has 5 nitrogen and oxygen atoms in total. The van der Waals surface area contributed by atoms with Crippen LogP contribution in [0.4, 0.5) is 5.69 Å². The Kier molecular flexibility index (Phi) is 3.70. The smallest absolute Gasteiger partial charge is 0.336 e. The summed E-state index contributed by atoms with van der Waals surface area (Å²) in [6.07, 6.45) is 3.43. The van der Waals surface area contributed by atoms with Crippen molar-refractivity contribution in [2.24, 2.45) is 0 Å². The van der Waals surface area contributed by atoms with Crippen LogP contribution in [0.15, 0.2) is 48.2 Å². The Morgan fingerprint density at radius 3 is 2.76 bits per heavy atom. The van der Waals surface area contributed by atoms with Crippen molar-refractivity contribution < 1.29 is 9.90 Å². The summed E-state index contributed by atoms with van der Waals surface area (Å²) < 4.78 is 0. The second-order valence-electron chi connectivity index (χ2n) is 4.50. The summed E-state index contributed by atoms with van der Waals surface area (Å²) in [5.41, 5.74) is 3.38. The largest absolute Gasteiger partial charge is 0.478 e. The van der Waals surface area contributed by atoms with Crippen LogP contribution in [0.3, 0.4) is 0 Å². The van der Waals surface area contributed by atoms with Gasteiger partial charge >= 0.3 is 5.97 Å². The topological polar surface area (TPSA) is 78.0 Å². The van der Waals surface area contributed by atoms with Crippen molar-refractivity contribution in [3.8, 4) is 11.3 Å². The van der Waals surface area contributed by atoms with Crippen LogP contribution in [0.5, 0.6) is 0 Å². The number of carbonyl (C=O) groups is 1. The van der Waals surface area contributed by atoms with Crippen molar-refractivity contribution in [1.29, 1.82) is 0 Å². The first-order valence-corrected chi connectivity index (χ1v) is 7.24. The van der Waals surface area contributed by atoms with Crippen molar-refractivity contribution in [2.45, 2.75) is 6.54 Å². The minimum absolute atomic E-state index is 0.339. The molecule has 1 aromatic carbocycles. The molecule has 2 aromatic heterocycles. The summed E-state index contributed by atoms with van der Waals surface area (Å²) in [7, 11) is 0. The molecule has 0 spiro atoms. The Morgan fingerprint density at radius 2 is 2.14 bits per heavy atom. The number of H-pyrrole nitrogens is 1. The number of aromatic amines is 1. The molecular weight excluding hydrogens is 286 g/mol. The van der Waals surface area contributed by atoms with Crippen LogP contribution in [0.2, 0.25) is 0 Å². The third kappa shape index (κ3) is 3.11. The number of hydrogen-bond acceptors (Lipinski definition) is 4. The molecule has 3 N–H and O–H groups in total. The number of rotatable bonds is 5. The van der Waals surface area contributed by atoms with Gasteiger partial charge in [-0.2, -0.15) is 0 Å². The monoisotopic (exact) mass is 299 g/mol. The molecule has 0 saturated heterocycles. The molecule has 106 valence electrons. The van der Waals surface area contributed by atoms with E-state index in [1.165, 1.54) is 11.3 Å². The van der Waals surface area contributed by atoms with Gasteiger partial charge in [0, 0.05) is 22.5 Å². The van der Waals surface area contributed by atoms with Gasteiger partial charge in [-0.3, -0.25) is 0 Å². The molecule has 0 aliphatic heterocycles. The van der Waals surface area contributed by atoms with E-state index in [2.05, 4.69) is 15.3 Å². The van der Waals surface area contributed by atoms with Crippen LogP contribution in [-0.4, -0.2) is 21.0 Å². The zero-order valence-electron chi connectivity index (χ0n) is 11.0. The molecule has 0 radical (unpaired) electrons. The fraction of sp³-hybridized carbons (Fsp3) is 0.0667. The van der Waals surface area contributed by atoms with Crippen LogP contribution < -0.4 is 5.32 Å². The number of carboxylic acids is 1. The average molecular weight is 299 g/mol. The van der Waals surface area contributed by atoms with Gasteiger partial charge in [0.2, 0.25) is 0 Å². The van der Waals surface area contributed by atoms with E-state index < -0.39 is 5.97 Å². The van der Waals surface area contributed by atoms with E-state index in [4.69, 9.17) is 5.11 Å². The maximum absolute atomic E-state index is 10.8. The van der Waals surface area contributed by atoms with Gasteiger partial charge in [-0.05, 0) is 23.8 Å². The molecule has 21 heavy (non-hydrogen) atoms. The first-order valence-electron chi connectivity index (χ1n) is 6.36. The number of nitrogens with one attached hydrogen (secondary N) is 2. The van der Waals surface area contributed by atoms with E-state index in [0.29, 0.717) is 12.1 Å². The van der Waals surface area contributed by atoms with E-state index in [1.54, 1.807) is 24.0 Å². The maximum Gasteiger partial charge on any atom is 0.336 e. The predicted octanol–water partition coefficient (Wildman–Crippen LogP) is 3.45. The third-order valence-corrected chi connectivity index (χ3v) is 4.00. The third-order valence-electron chi connectivity index (χ3n) is 3.06. The second kappa shape index (κ2) is 5.80. The first kappa shape index (κ1) is 13.4. The number of imidazole rings is 1.